The van der Waals surface area contributed by atoms with Crippen LogP contribution in [-0.2, 0) is 16.1 Å². The van der Waals surface area contributed by atoms with Crippen molar-refractivity contribution in [3.05, 3.63) is 64.1 Å². The number of benzene rings is 2. The van der Waals surface area contributed by atoms with Crippen LogP contribution in [0.3, 0.4) is 0 Å². The molecule has 5 nitrogen and oxygen atoms in total. The molecule has 0 aromatic heterocycles. The molecule has 2 amide bonds. The molecule has 2 aromatic carbocycles. The predicted molar refractivity (Wildman–Crippen MR) is 123 cm³/mol. The Labute approximate surface area is 187 Å². The van der Waals surface area contributed by atoms with Gasteiger partial charge >= 0.3 is 0 Å². The lowest BCUT2D eigenvalue weighted by molar-refractivity contribution is -0.143. The Balaban J connectivity index is 2.21. The van der Waals surface area contributed by atoms with E-state index in [9.17, 15) is 9.59 Å². The Morgan fingerprint density at radius 2 is 1.73 bits per heavy atom. The zero-order valence-electron chi connectivity index (χ0n) is 18.2. The third-order valence-electron chi connectivity index (χ3n) is 5.16. The first-order valence-electron chi connectivity index (χ1n) is 10.4. The van der Waals surface area contributed by atoms with Gasteiger partial charge in [-0.2, -0.15) is 0 Å². The summed E-state index contributed by atoms with van der Waals surface area (Å²) in [5.41, 5.74) is 2.10. The summed E-state index contributed by atoms with van der Waals surface area (Å²) >= 11 is 3.39. The van der Waals surface area contributed by atoms with Gasteiger partial charge in [-0.3, -0.25) is 9.59 Å². The van der Waals surface area contributed by atoms with Crippen molar-refractivity contribution in [3.8, 4) is 5.75 Å². The largest absolute Gasteiger partial charge is 0.484 e. The number of halogens is 1. The minimum absolute atomic E-state index is 0.0565. The molecule has 2 aromatic rings. The number of ether oxygens (including phenoxy) is 1. The highest BCUT2D eigenvalue weighted by molar-refractivity contribution is 9.10. The van der Waals surface area contributed by atoms with E-state index in [0.29, 0.717) is 18.7 Å². The van der Waals surface area contributed by atoms with E-state index in [-0.39, 0.29) is 24.5 Å². The quantitative estimate of drug-likeness (QED) is 0.534. The van der Waals surface area contributed by atoms with Gasteiger partial charge in [0, 0.05) is 17.1 Å². The van der Waals surface area contributed by atoms with E-state index < -0.39 is 6.04 Å². The zero-order chi connectivity index (χ0) is 22.1. The average molecular weight is 475 g/mol. The van der Waals surface area contributed by atoms with Crippen molar-refractivity contribution in [2.75, 3.05) is 6.61 Å². The maximum absolute atomic E-state index is 13.2. The molecule has 0 heterocycles. The van der Waals surface area contributed by atoms with Gasteiger partial charge < -0.3 is 15.0 Å². The molecule has 0 aliphatic rings. The highest BCUT2D eigenvalue weighted by Gasteiger charge is 2.29. The second kappa shape index (κ2) is 11.7. The fourth-order valence-electron chi connectivity index (χ4n) is 3.09. The molecule has 0 saturated carbocycles. The van der Waals surface area contributed by atoms with Crippen LogP contribution in [0.5, 0.6) is 5.75 Å². The fraction of sp³-hybridized carbons (Fsp3) is 0.417. The Hall–Kier alpha value is -2.34. The Kier molecular flexibility index (Phi) is 9.37. The van der Waals surface area contributed by atoms with Crippen LogP contribution >= 0.6 is 15.9 Å². The van der Waals surface area contributed by atoms with Crippen molar-refractivity contribution in [3.63, 3.8) is 0 Å². The Bertz CT molecular complexity index is 839. The maximum Gasteiger partial charge on any atom is 0.261 e. The van der Waals surface area contributed by atoms with Crippen molar-refractivity contribution in [2.24, 2.45) is 0 Å². The molecule has 0 fully saturated rings. The molecular weight excluding hydrogens is 444 g/mol. The number of carbonyl (C=O) groups excluding carboxylic acids is 2. The molecule has 0 spiro atoms. The molecule has 162 valence electrons. The van der Waals surface area contributed by atoms with Crippen LogP contribution in [0.2, 0.25) is 0 Å². The molecule has 30 heavy (non-hydrogen) atoms. The summed E-state index contributed by atoms with van der Waals surface area (Å²) in [5, 5.41) is 3.02. The van der Waals surface area contributed by atoms with Crippen molar-refractivity contribution in [1.29, 1.82) is 0 Å². The third-order valence-corrected chi connectivity index (χ3v) is 5.69. The van der Waals surface area contributed by atoms with Crippen LogP contribution in [0.15, 0.2) is 53.0 Å². The minimum atomic E-state index is -0.556. The monoisotopic (exact) mass is 474 g/mol. The van der Waals surface area contributed by atoms with Gasteiger partial charge in [0.2, 0.25) is 5.91 Å². The highest BCUT2D eigenvalue weighted by Crippen LogP contribution is 2.18. The van der Waals surface area contributed by atoms with Crippen molar-refractivity contribution in [2.45, 2.75) is 59.2 Å². The van der Waals surface area contributed by atoms with E-state index in [2.05, 4.69) is 21.2 Å². The number of hydrogen-bond acceptors (Lipinski definition) is 3. The van der Waals surface area contributed by atoms with Gasteiger partial charge in [0.25, 0.3) is 5.91 Å². The molecule has 2 rings (SSSR count). The van der Waals surface area contributed by atoms with Crippen LogP contribution in [0, 0.1) is 6.92 Å². The van der Waals surface area contributed by atoms with Gasteiger partial charge in [-0.05, 0) is 62.1 Å². The van der Waals surface area contributed by atoms with Gasteiger partial charge in [0.05, 0.1) is 0 Å². The zero-order valence-corrected chi connectivity index (χ0v) is 19.7. The minimum Gasteiger partial charge on any atom is -0.484 e. The van der Waals surface area contributed by atoms with Gasteiger partial charge in [0.15, 0.2) is 6.61 Å². The van der Waals surface area contributed by atoms with Crippen LogP contribution in [0.25, 0.3) is 0 Å². The molecule has 6 heteroatoms. The van der Waals surface area contributed by atoms with Crippen molar-refractivity contribution in [1.82, 2.24) is 10.2 Å². The fourth-order valence-corrected chi connectivity index (χ4v) is 3.35. The number of amides is 2. The van der Waals surface area contributed by atoms with E-state index in [4.69, 9.17) is 4.74 Å². The number of nitrogens with zero attached hydrogens (tertiary/aromatic N) is 1. The number of hydrogen-bond donors (Lipinski definition) is 1. The lowest BCUT2D eigenvalue weighted by Gasteiger charge is -2.31. The van der Waals surface area contributed by atoms with E-state index >= 15 is 0 Å². The topological polar surface area (TPSA) is 58.6 Å². The number of aryl methyl sites for hydroxylation is 1. The maximum atomic E-state index is 13.2. The van der Waals surface area contributed by atoms with Crippen molar-refractivity contribution < 1.29 is 14.3 Å². The summed E-state index contributed by atoms with van der Waals surface area (Å²) in [7, 11) is 0. The van der Waals surface area contributed by atoms with E-state index in [1.807, 2.05) is 64.1 Å². The highest BCUT2D eigenvalue weighted by atomic mass is 79.9. The van der Waals surface area contributed by atoms with Crippen LogP contribution in [-0.4, -0.2) is 35.4 Å². The second-order valence-electron chi connectivity index (χ2n) is 7.43. The molecule has 0 unspecified atom stereocenters. The summed E-state index contributed by atoms with van der Waals surface area (Å²) in [6.45, 7) is 8.16. The first-order chi connectivity index (χ1) is 14.3. The summed E-state index contributed by atoms with van der Waals surface area (Å²) in [6, 6.07) is 14.7. The third kappa shape index (κ3) is 6.87. The normalized spacial score (nSPS) is 12.7. The standard InChI is InChI=1S/C24H31BrN2O3/c1-5-18(4)26-24(29)22(6-2)27(15-19-10-8-7-9-17(19)3)23(28)16-30-21-13-11-20(25)12-14-21/h7-14,18,22H,5-6,15-16H2,1-4H3,(H,26,29)/t18-,22-/m1/s1. The average Bonchev–Trinajstić information content (AvgIpc) is 2.74. The first-order valence-corrected chi connectivity index (χ1v) is 11.2. The van der Waals surface area contributed by atoms with Crippen LogP contribution < -0.4 is 10.1 Å². The van der Waals surface area contributed by atoms with E-state index in [1.165, 1.54) is 0 Å². The molecular formula is C24H31BrN2O3. The van der Waals surface area contributed by atoms with Gasteiger partial charge in [-0.1, -0.05) is 54.0 Å². The van der Waals surface area contributed by atoms with Gasteiger partial charge in [0.1, 0.15) is 11.8 Å². The summed E-state index contributed by atoms with van der Waals surface area (Å²) < 4.78 is 6.64. The first kappa shape index (κ1) is 23.9. The molecule has 0 radical (unpaired) electrons. The summed E-state index contributed by atoms with van der Waals surface area (Å²) in [6.07, 6.45) is 1.36. The lowest BCUT2D eigenvalue weighted by Crippen LogP contribution is -2.51. The molecule has 1 N–H and O–H groups in total. The summed E-state index contributed by atoms with van der Waals surface area (Å²) in [5.74, 6) is 0.268. The number of carbonyl (C=O) groups is 2. The van der Waals surface area contributed by atoms with Gasteiger partial charge in [-0.25, -0.2) is 0 Å². The van der Waals surface area contributed by atoms with Crippen LogP contribution in [0.1, 0.15) is 44.7 Å². The second-order valence-corrected chi connectivity index (χ2v) is 8.35. The van der Waals surface area contributed by atoms with E-state index in [0.717, 1.165) is 22.0 Å². The lowest BCUT2D eigenvalue weighted by atomic mass is 10.1. The molecule has 0 bridgehead atoms. The SMILES string of the molecule is CC[C@@H](C)NC(=O)[C@@H](CC)N(Cc1ccccc1C)C(=O)COc1ccc(Br)cc1. The predicted octanol–water partition coefficient (Wildman–Crippen LogP) is 4.86. The van der Waals surface area contributed by atoms with Crippen molar-refractivity contribution >= 4 is 27.7 Å². The molecule has 2 atom stereocenters. The number of nitrogens with one attached hydrogen (secondary N) is 1. The Morgan fingerprint density at radius 1 is 1.07 bits per heavy atom. The molecule has 0 aliphatic heterocycles. The van der Waals surface area contributed by atoms with Crippen LogP contribution in [0.4, 0.5) is 0 Å². The number of rotatable bonds is 10. The smallest absolute Gasteiger partial charge is 0.261 e. The molecule has 0 saturated heterocycles. The summed E-state index contributed by atoms with van der Waals surface area (Å²) in [4.78, 5) is 27.7. The Morgan fingerprint density at radius 3 is 2.33 bits per heavy atom. The molecule has 0 aliphatic carbocycles. The van der Waals surface area contributed by atoms with Gasteiger partial charge in [-0.15, -0.1) is 0 Å². The van der Waals surface area contributed by atoms with E-state index in [1.54, 1.807) is 17.0 Å².